The summed E-state index contributed by atoms with van der Waals surface area (Å²) in [5.41, 5.74) is 2.10. The van der Waals surface area contributed by atoms with Gasteiger partial charge in [-0.2, -0.15) is 0 Å². The van der Waals surface area contributed by atoms with E-state index in [0.717, 1.165) is 24.3 Å². The zero-order valence-corrected chi connectivity index (χ0v) is 11.8. The first kappa shape index (κ1) is 12.8. The first-order valence-electron chi connectivity index (χ1n) is 6.28. The fourth-order valence-corrected chi connectivity index (χ4v) is 2.57. The van der Waals surface area contributed by atoms with E-state index in [1.807, 2.05) is 0 Å². The average molecular weight is 298 g/mol. The van der Waals surface area contributed by atoms with Crippen LogP contribution in [-0.4, -0.2) is 5.16 Å². The summed E-state index contributed by atoms with van der Waals surface area (Å²) in [6.45, 7) is 0.400. The van der Waals surface area contributed by atoms with Gasteiger partial charge in [-0.1, -0.05) is 28.4 Å². The molecule has 0 radical (unpaired) electrons. The first-order valence-corrected chi connectivity index (χ1v) is 7.04. The molecule has 0 saturated carbocycles. The summed E-state index contributed by atoms with van der Waals surface area (Å²) in [7, 11) is 0. The van der Waals surface area contributed by atoms with Gasteiger partial charge in [-0.05, 0) is 31.4 Å². The monoisotopic (exact) mass is 297 g/mol. The minimum absolute atomic E-state index is 0.400. The summed E-state index contributed by atoms with van der Waals surface area (Å²) in [6, 6.07) is 5.22. The normalized spacial score (nSPS) is 14.2. The van der Waals surface area contributed by atoms with Crippen LogP contribution in [0.4, 0.5) is 0 Å². The Kier molecular flexibility index (Phi) is 3.67. The van der Waals surface area contributed by atoms with Crippen LogP contribution in [0.1, 0.15) is 29.9 Å². The zero-order valence-electron chi connectivity index (χ0n) is 10.3. The quantitative estimate of drug-likeness (QED) is 0.840. The van der Waals surface area contributed by atoms with Crippen molar-refractivity contribution in [3.8, 4) is 5.75 Å². The molecule has 0 aliphatic heterocycles. The topological polar surface area (TPSA) is 35.3 Å². The molecule has 1 aliphatic carbocycles. The average Bonchev–Trinajstić information content (AvgIpc) is 2.83. The van der Waals surface area contributed by atoms with Crippen LogP contribution in [0.5, 0.6) is 5.75 Å². The predicted octanol–water partition coefficient (Wildman–Crippen LogP) is 4.44. The summed E-state index contributed by atoms with van der Waals surface area (Å²) >= 11 is 11.8. The van der Waals surface area contributed by atoms with Crippen molar-refractivity contribution in [2.24, 2.45) is 0 Å². The van der Waals surface area contributed by atoms with Gasteiger partial charge < -0.3 is 9.26 Å². The Bertz CT molecular complexity index is 595. The zero-order chi connectivity index (χ0) is 13.2. The molecular formula is C14H13Cl2NO2. The van der Waals surface area contributed by atoms with Crippen LogP contribution >= 0.6 is 23.2 Å². The number of ether oxygens (including phenoxy) is 1. The highest BCUT2D eigenvalue weighted by atomic mass is 35.5. The minimum atomic E-state index is 0.400. The second kappa shape index (κ2) is 5.43. The van der Waals surface area contributed by atoms with E-state index < -0.39 is 0 Å². The van der Waals surface area contributed by atoms with Gasteiger partial charge in [0.25, 0.3) is 0 Å². The summed E-state index contributed by atoms with van der Waals surface area (Å²) < 4.78 is 11.0. The van der Waals surface area contributed by atoms with E-state index in [1.54, 1.807) is 18.2 Å². The Morgan fingerprint density at radius 1 is 1.16 bits per heavy atom. The van der Waals surface area contributed by atoms with Crippen LogP contribution in [0.3, 0.4) is 0 Å². The molecule has 3 nitrogen and oxygen atoms in total. The molecule has 2 aromatic rings. The lowest BCUT2D eigenvalue weighted by Gasteiger charge is -2.10. The van der Waals surface area contributed by atoms with Crippen molar-refractivity contribution in [3.63, 3.8) is 0 Å². The SMILES string of the molecule is Clc1ccc(OCc2noc3c2CCCC3)cc1Cl. The molecule has 0 unspecified atom stereocenters. The molecule has 3 rings (SSSR count). The summed E-state index contributed by atoms with van der Waals surface area (Å²) in [5, 5.41) is 5.10. The lowest BCUT2D eigenvalue weighted by molar-refractivity contribution is 0.287. The van der Waals surface area contributed by atoms with E-state index in [9.17, 15) is 0 Å². The maximum absolute atomic E-state index is 5.94. The number of halogens is 2. The van der Waals surface area contributed by atoms with Crippen molar-refractivity contribution >= 4 is 23.2 Å². The van der Waals surface area contributed by atoms with Gasteiger partial charge in [0.15, 0.2) is 0 Å². The highest BCUT2D eigenvalue weighted by Gasteiger charge is 2.19. The van der Waals surface area contributed by atoms with Crippen LogP contribution in [0, 0.1) is 0 Å². The molecule has 1 heterocycles. The Labute approximate surface area is 121 Å². The number of aryl methyl sites for hydroxylation is 1. The summed E-state index contributed by atoms with van der Waals surface area (Å²) in [4.78, 5) is 0. The number of nitrogens with zero attached hydrogens (tertiary/aromatic N) is 1. The fourth-order valence-electron chi connectivity index (χ4n) is 2.28. The number of benzene rings is 1. The molecule has 100 valence electrons. The number of hydrogen-bond acceptors (Lipinski definition) is 3. The number of aromatic nitrogens is 1. The van der Waals surface area contributed by atoms with Gasteiger partial charge in [-0.25, -0.2) is 0 Å². The third-order valence-corrected chi connectivity index (χ3v) is 4.04. The number of fused-ring (bicyclic) bond motifs is 1. The second-order valence-electron chi connectivity index (χ2n) is 4.60. The standard InChI is InChI=1S/C14H13Cl2NO2/c15-11-6-5-9(7-12(11)16)18-8-13-10-3-1-2-4-14(10)19-17-13/h5-7H,1-4,8H2. The largest absolute Gasteiger partial charge is 0.487 e. The van der Waals surface area contributed by atoms with Gasteiger partial charge in [0.2, 0.25) is 0 Å². The molecule has 0 saturated heterocycles. The third-order valence-electron chi connectivity index (χ3n) is 3.30. The fraction of sp³-hybridized carbons (Fsp3) is 0.357. The Balaban J connectivity index is 1.72. The highest BCUT2D eigenvalue weighted by molar-refractivity contribution is 6.42. The van der Waals surface area contributed by atoms with Gasteiger partial charge in [0, 0.05) is 18.1 Å². The van der Waals surface area contributed by atoms with E-state index in [0.29, 0.717) is 22.4 Å². The molecule has 19 heavy (non-hydrogen) atoms. The predicted molar refractivity (Wildman–Crippen MR) is 73.9 cm³/mol. The maximum Gasteiger partial charge on any atom is 0.140 e. The Hall–Kier alpha value is -1.19. The van der Waals surface area contributed by atoms with Crippen LogP contribution in [-0.2, 0) is 19.4 Å². The van der Waals surface area contributed by atoms with Crippen LogP contribution in [0.2, 0.25) is 10.0 Å². The Morgan fingerprint density at radius 3 is 2.84 bits per heavy atom. The number of rotatable bonds is 3. The van der Waals surface area contributed by atoms with Crippen molar-refractivity contribution in [2.45, 2.75) is 32.3 Å². The maximum atomic E-state index is 5.94. The van der Waals surface area contributed by atoms with Gasteiger partial charge in [0.05, 0.1) is 10.0 Å². The summed E-state index contributed by atoms with van der Waals surface area (Å²) in [5.74, 6) is 1.70. The molecule has 0 fully saturated rings. The van der Waals surface area contributed by atoms with Gasteiger partial charge >= 0.3 is 0 Å². The molecule has 5 heteroatoms. The molecule has 0 N–H and O–H groups in total. The van der Waals surface area contributed by atoms with E-state index >= 15 is 0 Å². The van der Waals surface area contributed by atoms with Gasteiger partial charge in [-0.3, -0.25) is 0 Å². The van der Waals surface area contributed by atoms with Crippen LogP contribution < -0.4 is 4.74 Å². The van der Waals surface area contributed by atoms with Crippen LogP contribution in [0.25, 0.3) is 0 Å². The molecule has 0 atom stereocenters. The van der Waals surface area contributed by atoms with E-state index in [-0.39, 0.29) is 0 Å². The lowest BCUT2D eigenvalue weighted by atomic mass is 9.97. The molecule has 0 spiro atoms. The van der Waals surface area contributed by atoms with Crippen LogP contribution in [0.15, 0.2) is 22.7 Å². The van der Waals surface area contributed by atoms with E-state index in [4.69, 9.17) is 32.5 Å². The Morgan fingerprint density at radius 2 is 2.00 bits per heavy atom. The highest BCUT2D eigenvalue weighted by Crippen LogP contribution is 2.28. The van der Waals surface area contributed by atoms with Gasteiger partial charge in [-0.15, -0.1) is 0 Å². The second-order valence-corrected chi connectivity index (χ2v) is 5.42. The minimum Gasteiger partial charge on any atom is -0.487 e. The number of hydrogen-bond donors (Lipinski definition) is 0. The smallest absolute Gasteiger partial charge is 0.140 e. The third kappa shape index (κ3) is 2.72. The van der Waals surface area contributed by atoms with E-state index in [2.05, 4.69) is 5.16 Å². The van der Waals surface area contributed by atoms with Gasteiger partial charge in [0.1, 0.15) is 23.8 Å². The van der Waals surface area contributed by atoms with Crippen molar-refractivity contribution in [2.75, 3.05) is 0 Å². The molecule has 1 aromatic carbocycles. The molecule has 1 aromatic heterocycles. The van der Waals surface area contributed by atoms with Crippen molar-refractivity contribution in [3.05, 3.63) is 45.3 Å². The summed E-state index contributed by atoms with van der Waals surface area (Å²) in [6.07, 6.45) is 4.37. The van der Waals surface area contributed by atoms with E-state index in [1.165, 1.54) is 18.4 Å². The molecular weight excluding hydrogens is 285 g/mol. The molecule has 1 aliphatic rings. The van der Waals surface area contributed by atoms with Crippen molar-refractivity contribution in [1.82, 2.24) is 5.16 Å². The molecule has 0 amide bonds. The molecule has 0 bridgehead atoms. The van der Waals surface area contributed by atoms with Crippen molar-refractivity contribution in [1.29, 1.82) is 0 Å². The first-order chi connectivity index (χ1) is 9.24. The van der Waals surface area contributed by atoms with Crippen molar-refractivity contribution < 1.29 is 9.26 Å². The lowest BCUT2D eigenvalue weighted by Crippen LogP contribution is -2.04.